The molecule has 0 unspecified atom stereocenters. The summed E-state index contributed by atoms with van der Waals surface area (Å²) in [5.41, 5.74) is 1.28. The summed E-state index contributed by atoms with van der Waals surface area (Å²) in [4.78, 5) is 19.7. The quantitative estimate of drug-likeness (QED) is 0.688. The minimum Gasteiger partial charge on any atom is -0.497 e. The van der Waals surface area contributed by atoms with Crippen molar-refractivity contribution >= 4 is 21.6 Å². The minimum atomic E-state index is 0.0559. The molecule has 0 radical (unpaired) electrons. The Bertz CT molecular complexity index is 975. The van der Waals surface area contributed by atoms with E-state index < -0.39 is 0 Å². The first-order valence-corrected chi connectivity index (χ1v) is 9.74. The summed E-state index contributed by atoms with van der Waals surface area (Å²) in [6.45, 7) is 3.17. The SMILES string of the molecule is COc1ccc(OCCn2cnc3sc4c(c3c2=O)CC[C@H](C)C4)cc1. The first-order chi connectivity index (χ1) is 12.7. The number of aromatic nitrogens is 2. The van der Waals surface area contributed by atoms with Crippen LogP contribution in [0.4, 0.5) is 0 Å². The second-order valence-corrected chi connectivity index (χ2v) is 7.88. The number of ether oxygens (including phenoxy) is 2. The number of hydrogen-bond acceptors (Lipinski definition) is 5. The molecular formula is C20H22N2O3S. The topological polar surface area (TPSA) is 53.4 Å². The summed E-state index contributed by atoms with van der Waals surface area (Å²) in [5, 5.41) is 0.823. The number of hydrogen-bond donors (Lipinski definition) is 0. The maximum absolute atomic E-state index is 12.9. The van der Waals surface area contributed by atoms with E-state index in [0.717, 1.165) is 41.0 Å². The highest BCUT2D eigenvalue weighted by Crippen LogP contribution is 2.35. The maximum Gasteiger partial charge on any atom is 0.262 e. The van der Waals surface area contributed by atoms with Crippen LogP contribution in [-0.4, -0.2) is 23.3 Å². The highest BCUT2D eigenvalue weighted by molar-refractivity contribution is 7.18. The molecule has 0 N–H and O–H groups in total. The number of benzene rings is 1. The fourth-order valence-electron chi connectivity index (χ4n) is 3.46. The molecule has 1 aliphatic rings. The van der Waals surface area contributed by atoms with Gasteiger partial charge >= 0.3 is 0 Å². The Balaban J connectivity index is 1.51. The Hall–Kier alpha value is -2.34. The molecule has 0 saturated carbocycles. The molecule has 3 aromatic rings. The molecule has 5 nitrogen and oxygen atoms in total. The lowest BCUT2D eigenvalue weighted by Crippen LogP contribution is -2.24. The summed E-state index contributed by atoms with van der Waals surface area (Å²) in [6, 6.07) is 7.43. The first-order valence-electron chi connectivity index (χ1n) is 8.92. The predicted molar refractivity (Wildman–Crippen MR) is 104 cm³/mol. The number of methoxy groups -OCH3 is 1. The summed E-state index contributed by atoms with van der Waals surface area (Å²) in [5.74, 6) is 2.24. The Kier molecular flexibility index (Phi) is 4.68. The van der Waals surface area contributed by atoms with Crippen LogP contribution in [-0.2, 0) is 19.4 Å². The van der Waals surface area contributed by atoms with Crippen molar-refractivity contribution < 1.29 is 9.47 Å². The molecule has 4 rings (SSSR count). The highest BCUT2D eigenvalue weighted by atomic mass is 32.1. The Morgan fingerprint density at radius 3 is 2.81 bits per heavy atom. The van der Waals surface area contributed by atoms with Gasteiger partial charge in [-0.2, -0.15) is 0 Å². The fraction of sp³-hybridized carbons (Fsp3) is 0.400. The van der Waals surface area contributed by atoms with E-state index in [1.165, 1.54) is 10.4 Å². The van der Waals surface area contributed by atoms with Crippen molar-refractivity contribution in [2.24, 2.45) is 5.92 Å². The highest BCUT2D eigenvalue weighted by Gasteiger charge is 2.23. The standard InChI is InChI=1S/C20H22N2O3S/c1-13-3-8-16-17(11-13)26-19-18(16)20(23)22(12-21-19)9-10-25-15-6-4-14(24-2)5-7-15/h4-7,12-13H,3,8-11H2,1-2H3/t13-/m0/s1. The van der Waals surface area contributed by atoms with Crippen LogP contribution in [0.2, 0.25) is 0 Å². The summed E-state index contributed by atoms with van der Waals surface area (Å²) < 4.78 is 12.5. The van der Waals surface area contributed by atoms with E-state index in [2.05, 4.69) is 11.9 Å². The van der Waals surface area contributed by atoms with Gasteiger partial charge in [0.25, 0.3) is 5.56 Å². The monoisotopic (exact) mass is 370 g/mol. The van der Waals surface area contributed by atoms with Gasteiger partial charge in [-0.1, -0.05) is 6.92 Å². The fourth-order valence-corrected chi connectivity index (χ4v) is 4.80. The van der Waals surface area contributed by atoms with E-state index in [9.17, 15) is 4.79 Å². The molecule has 0 aliphatic heterocycles. The van der Waals surface area contributed by atoms with Gasteiger partial charge in [0.2, 0.25) is 0 Å². The van der Waals surface area contributed by atoms with Gasteiger partial charge < -0.3 is 9.47 Å². The Morgan fingerprint density at radius 2 is 2.04 bits per heavy atom. The van der Waals surface area contributed by atoms with E-state index >= 15 is 0 Å². The maximum atomic E-state index is 12.9. The molecule has 0 spiro atoms. The van der Waals surface area contributed by atoms with E-state index in [-0.39, 0.29) is 5.56 Å². The van der Waals surface area contributed by atoms with E-state index in [1.54, 1.807) is 29.3 Å². The number of nitrogens with zero attached hydrogens (tertiary/aromatic N) is 2. The average Bonchev–Trinajstić information content (AvgIpc) is 3.02. The van der Waals surface area contributed by atoms with Crippen molar-refractivity contribution in [1.82, 2.24) is 9.55 Å². The van der Waals surface area contributed by atoms with Crippen LogP contribution in [0.15, 0.2) is 35.4 Å². The zero-order valence-electron chi connectivity index (χ0n) is 15.0. The number of thiophene rings is 1. The molecule has 0 saturated heterocycles. The second kappa shape index (κ2) is 7.11. The van der Waals surface area contributed by atoms with Gasteiger partial charge in [0, 0.05) is 4.88 Å². The molecule has 136 valence electrons. The van der Waals surface area contributed by atoms with Crippen LogP contribution in [0.25, 0.3) is 10.2 Å². The van der Waals surface area contributed by atoms with Crippen LogP contribution in [0.3, 0.4) is 0 Å². The molecule has 6 heteroatoms. The third-order valence-corrected chi connectivity index (χ3v) is 6.10. The van der Waals surface area contributed by atoms with Crippen molar-refractivity contribution in [3.8, 4) is 11.5 Å². The largest absolute Gasteiger partial charge is 0.497 e. The van der Waals surface area contributed by atoms with Crippen LogP contribution >= 0.6 is 11.3 Å². The third-order valence-electron chi connectivity index (χ3n) is 4.94. The van der Waals surface area contributed by atoms with Crippen molar-refractivity contribution in [3.63, 3.8) is 0 Å². The van der Waals surface area contributed by atoms with E-state index in [1.807, 2.05) is 24.3 Å². The van der Waals surface area contributed by atoms with Gasteiger partial charge in [0.1, 0.15) is 22.9 Å². The molecule has 0 fully saturated rings. The molecule has 0 amide bonds. The molecule has 26 heavy (non-hydrogen) atoms. The van der Waals surface area contributed by atoms with E-state index in [4.69, 9.17) is 9.47 Å². The molecule has 0 bridgehead atoms. The van der Waals surface area contributed by atoms with Crippen LogP contribution < -0.4 is 15.0 Å². The van der Waals surface area contributed by atoms with Crippen molar-refractivity contribution in [2.45, 2.75) is 32.7 Å². The van der Waals surface area contributed by atoms with Crippen molar-refractivity contribution in [2.75, 3.05) is 13.7 Å². The van der Waals surface area contributed by atoms with E-state index in [0.29, 0.717) is 19.1 Å². The second-order valence-electron chi connectivity index (χ2n) is 6.80. The van der Waals surface area contributed by atoms with Gasteiger partial charge in [-0.3, -0.25) is 9.36 Å². The number of fused-ring (bicyclic) bond motifs is 3. The van der Waals surface area contributed by atoms with Crippen molar-refractivity contribution in [3.05, 3.63) is 51.4 Å². The Morgan fingerprint density at radius 1 is 1.27 bits per heavy atom. The molecular weight excluding hydrogens is 348 g/mol. The zero-order valence-corrected chi connectivity index (χ0v) is 15.8. The lowest BCUT2D eigenvalue weighted by molar-refractivity contribution is 0.295. The first kappa shape index (κ1) is 17.1. The minimum absolute atomic E-state index is 0.0559. The molecule has 2 aromatic heterocycles. The average molecular weight is 370 g/mol. The zero-order chi connectivity index (χ0) is 18.1. The number of rotatable bonds is 5. The lowest BCUT2D eigenvalue weighted by Gasteiger charge is -2.17. The molecule has 1 aliphatic carbocycles. The Labute approximate surface area is 156 Å². The van der Waals surface area contributed by atoms with Gasteiger partial charge in [-0.05, 0) is 55.0 Å². The predicted octanol–water partition coefficient (Wildman–Crippen LogP) is 3.67. The molecule has 2 heterocycles. The van der Waals surface area contributed by atoms with Crippen LogP contribution in [0, 0.1) is 5.92 Å². The van der Waals surface area contributed by atoms with Gasteiger partial charge in [0.05, 0.1) is 25.4 Å². The van der Waals surface area contributed by atoms with Crippen LogP contribution in [0.5, 0.6) is 11.5 Å². The summed E-state index contributed by atoms with van der Waals surface area (Å²) in [7, 11) is 1.63. The normalized spacial score (nSPS) is 16.5. The molecule has 1 aromatic carbocycles. The van der Waals surface area contributed by atoms with Crippen molar-refractivity contribution in [1.29, 1.82) is 0 Å². The number of aryl methyl sites for hydroxylation is 1. The van der Waals surface area contributed by atoms with Crippen LogP contribution in [0.1, 0.15) is 23.8 Å². The third kappa shape index (κ3) is 3.21. The smallest absolute Gasteiger partial charge is 0.262 e. The van der Waals surface area contributed by atoms with Gasteiger partial charge in [0.15, 0.2) is 0 Å². The van der Waals surface area contributed by atoms with Gasteiger partial charge in [-0.15, -0.1) is 11.3 Å². The lowest BCUT2D eigenvalue weighted by atomic mass is 9.89. The molecule has 1 atom stereocenters. The summed E-state index contributed by atoms with van der Waals surface area (Å²) >= 11 is 1.68. The summed E-state index contributed by atoms with van der Waals surface area (Å²) in [6.07, 6.45) is 4.84. The van der Waals surface area contributed by atoms with Gasteiger partial charge in [-0.25, -0.2) is 4.98 Å².